The van der Waals surface area contributed by atoms with E-state index in [4.69, 9.17) is 0 Å². The largest absolute Gasteiger partial charge is 0.316 e. The van der Waals surface area contributed by atoms with Crippen molar-refractivity contribution in [2.45, 2.75) is 6.42 Å². The maximum atomic E-state index is 3.54. The van der Waals surface area contributed by atoms with Gasteiger partial charge < -0.3 is 10.2 Å². The number of nitrogens with one attached hydrogen (secondary N) is 1. The number of likely N-dealkylation sites (tertiary alicyclic amines) is 1. The molecule has 2 nitrogen and oxygen atoms in total. The molecule has 1 N–H and O–H groups in total. The van der Waals surface area contributed by atoms with E-state index in [1.165, 1.54) is 32.6 Å². The molecule has 0 aromatic carbocycles. The van der Waals surface area contributed by atoms with Gasteiger partial charge in [0.1, 0.15) is 0 Å². The number of rotatable bonds is 0. The second-order valence-corrected chi connectivity index (χ2v) is 4.69. The zero-order chi connectivity index (χ0) is 7.47. The van der Waals surface area contributed by atoms with E-state index < -0.39 is 0 Å². The smallest absolute Gasteiger partial charge is 0.00535 e. The van der Waals surface area contributed by atoms with E-state index in [1.807, 2.05) is 0 Å². The van der Waals surface area contributed by atoms with Crippen LogP contribution in [-0.4, -0.2) is 38.1 Å². The van der Waals surface area contributed by atoms with Gasteiger partial charge in [-0.25, -0.2) is 0 Å². The third-order valence-electron chi connectivity index (χ3n) is 4.14. The normalized spacial score (nSPS) is 55.4. The molecule has 62 valence electrons. The summed E-state index contributed by atoms with van der Waals surface area (Å²) in [5.74, 6) is 2.06. The fourth-order valence-corrected chi connectivity index (χ4v) is 3.55. The molecule has 3 aliphatic rings. The van der Waals surface area contributed by atoms with Crippen LogP contribution in [0.3, 0.4) is 0 Å². The van der Waals surface area contributed by atoms with Crippen molar-refractivity contribution in [3.8, 4) is 0 Å². The number of hydrogen-bond acceptors (Lipinski definition) is 2. The Balaban J connectivity index is 1.90. The molecule has 0 aromatic rings. The first-order valence-corrected chi connectivity index (χ1v) is 4.70. The van der Waals surface area contributed by atoms with Crippen molar-refractivity contribution >= 4 is 0 Å². The van der Waals surface area contributed by atoms with Crippen LogP contribution in [0, 0.1) is 17.3 Å². The molecule has 11 heavy (non-hydrogen) atoms. The summed E-state index contributed by atoms with van der Waals surface area (Å²) < 4.78 is 0. The van der Waals surface area contributed by atoms with E-state index in [-0.39, 0.29) is 0 Å². The molecule has 2 unspecified atom stereocenters. The highest BCUT2D eigenvalue weighted by atomic mass is 15.2. The van der Waals surface area contributed by atoms with E-state index in [1.54, 1.807) is 0 Å². The van der Waals surface area contributed by atoms with Gasteiger partial charge in [0.15, 0.2) is 0 Å². The van der Waals surface area contributed by atoms with Gasteiger partial charge in [0.25, 0.3) is 0 Å². The van der Waals surface area contributed by atoms with E-state index in [9.17, 15) is 0 Å². The second-order valence-electron chi connectivity index (χ2n) is 4.69. The van der Waals surface area contributed by atoms with Crippen molar-refractivity contribution in [1.82, 2.24) is 10.2 Å². The van der Waals surface area contributed by atoms with Crippen molar-refractivity contribution < 1.29 is 0 Å². The summed E-state index contributed by atoms with van der Waals surface area (Å²) in [6.07, 6.45) is 1.50. The number of hydrogen-bond donors (Lipinski definition) is 1. The van der Waals surface area contributed by atoms with Crippen molar-refractivity contribution in [2.75, 3.05) is 33.2 Å². The summed E-state index contributed by atoms with van der Waals surface area (Å²) in [4.78, 5) is 2.51. The quantitative estimate of drug-likeness (QED) is 0.532. The molecule has 0 aromatic heterocycles. The van der Waals surface area contributed by atoms with Crippen molar-refractivity contribution in [1.29, 1.82) is 0 Å². The summed E-state index contributed by atoms with van der Waals surface area (Å²) in [5, 5.41) is 3.54. The molecule has 2 aliphatic heterocycles. The van der Waals surface area contributed by atoms with Crippen LogP contribution >= 0.6 is 0 Å². The fourth-order valence-electron chi connectivity index (χ4n) is 3.55. The molecule has 0 amide bonds. The van der Waals surface area contributed by atoms with E-state index in [2.05, 4.69) is 17.3 Å². The van der Waals surface area contributed by atoms with Crippen LogP contribution in [0.5, 0.6) is 0 Å². The molecule has 1 spiro atoms. The van der Waals surface area contributed by atoms with Crippen LogP contribution in [0.15, 0.2) is 0 Å². The third kappa shape index (κ3) is 0.611. The summed E-state index contributed by atoms with van der Waals surface area (Å²) in [5.41, 5.74) is 0.731. The van der Waals surface area contributed by atoms with Gasteiger partial charge >= 0.3 is 0 Å². The molecule has 3 fully saturated rings. The first-order valence-electron chi connectivity index (χ1n) is 4.70. The molecule has 0 radical (unpaired) electrons. The van der Waals surface area contributed by atoms with E-state index in [0.717, 1.165) is 17.3 Å². The summed E-state index contributed by atoms with van der Waals surface area (Å²) in [6.45, 7) is 5.31. The minimum atomic E-state index is 0.731. The minimum absolute atomic E-state index is 0.731. The van der Waals surface area contributed by atoms with E-state index in [0.29, 0.717) is 0 Å². The highest BCUT2D eigenvalue weighted by molar-refractivity contribution is 5.13. The van der Waals surface area contributed by atoms with Gasteiger partial charge in [0.2, 0.25) is 0 Å². The highest BCUT2D eigenvalue weighted by Gasteiger charge is 2.60. The van der Waals surface area contributed by atoms with Crippen LogP contribution in [0.25, 0.3) is 0 Å². The average Bonchev–Trinajstić information content (AvgIpc) is 2.39. The molecule has 1 saturated carbocycles. The summed E-state index contributed by atoms with van der Waals surface area (Å²) in [7, 11) is 2.27. The lowest BCUT2D eigenvalue weighted by Gasteiger charge is -2.46. The van der Waals surface area contributed by atoms with Gasteiger partial charge in [-0.3, -0.25) is 0 Å². The molecule has 2 heteroatoms. The average molecular weight is 152 g/mol. The third-order valence-corrected chi connectivity index (χ3v) is 4.14. The lowest BCUT2D eigenvalue weighted by molar-refractivity contribution is 0.0401. The Morgan fingerprint density at radius 1 is 1.45 bits per heavy atom. The van der Waals surface area contributed by atoms with Crippen LogP contribution in [0.4, 0.5) is 0 Å². The Morgan fingerprint density at radius 3 is 3.09 bits per heavy atom. The standard InChI is InChI=1S/C9H16N2/c1-11-4-8-2-7-3-10-5-9(7,8)6-11/h7-8,10H,2-6H2,1H3/t7-,8?,9?/m1/s1. The predicted molar refractivity (Wildman–Crippen MR) is 44.4 cm³/mol. The monoisotopic (exact) mass is 152 g/mol. The highest BCUT2D eigenvalue weighted by Crippen LogP contribution is 2.57. The predicted octanol–water partition coefficient (Wildman–Crippen LogP) is 0.158. The summed E-state index contributed by atoms with van der Waals surface area (Å²) >= 11 is 0. The molecule has 3 rings (SSSR count). The first-order chi connectivity index (χ1) is 5.31. The molecular weight excluding hydrogens is 136 g/mol. The van der Waals surface area contributed by atoms with Gasteiger partial charge in [0.05, 0.1) is 0 Å². The second kappa shape index (κ2) is 1.80. The molecule has 1 aliphatic carbocycles. The maximum absolute atomic E-state index is 3.54. The zero-order valence-corrected chi connectivity index (χ0v) is 7.14. The first kappa shape index (κ1) is 6.44. The fraction of sp³-hybridized carbons (Fsp3) is 1.00. The van der Waals surface area contributed by atoms with Crippen LogP contribution < -0.4 is 5.32 Å². The molecule has 3 atom stereocenters. The van der Waals surface area contributed by atoms with E-state index >= 15 is 0 Å². The van der Waals surface area contributed by atoms with Gasteiger partial charge in [-0.2, -0.15) is 0 Å². The number of nitrogens with zero attached hydrogens (tertiary/aromatic N) is 1. The Morgan fingerprint density at radius 2 is 2.36 bits per heavy atom. The SMILES string of the molecule is CN1CC2C[C@@H]3CNCC23C1. The summed E-state index contributed by atoms with van der Waals surface area (Å²) in [6, 6.07) is 0. The van der Waals surface area contributed by atoms with Gasteiger partial charge in [0, 0.05) is 25.0 Å². The van der Waals surface area contributed by atoms with Gasteiger partial charge in [-0.05, 0) is 31.8 Å². The van der Waals surface area contributed by atoms with Crippen LogP contribution in [0.2, 0.25) is 0 Å². The topological polar surface area (TPSA) is 15.3 Å². The Labute approximate surface area is 68.0 Å². The van der Waals surface area contributed by atoms with Crippen LogP contribution in [-0.2, 0) is 0 Å². The molecular formula is C9H16N2. The Kier molecular flexibility index (Phi) is 1.06. The minimum Gasteiger partial charge on any atom is -0.316 e. The maximum Gasteiger partial charge on any atom is 0.00535 e. The lowest BCUT2D eigenvalue weighted by Crippen LogP contribution is -2.47. The van der Waals surface area contributed by atoms with Gasteiger partial charge in [-0.15, -0.1) is 0 Å². The lowest BCUT2D eigenvalue weighted by atomic mass is 9.56. The zero-order valence-electron chi connectivity index (χ0n) is 7.14. The Hall–Kier alpha value is -0.0800. The van der Waals surface area contributed by atoms with Gasteiger partial charge in [-0.1, -0.05) is 0 Å². The van der Waals surface area contributed by atoms with Crippen LogP contribution in [0.1, 0.15) is 6.42 Å². The van der Waals surface area contributed by atoms with Crippen molar-refractivity contribution in [2.24, 2.45) is 17.3 Å². The van der Waals surface area contributed by atoms with Crippen molar-refractivity contribution in [3.63, 3.8) is 0 Å². The Bertz CT molecular complexity index is 192. The molecule has 2 saturated heterocycles. The molecule has 2 heterocycles. The van der Waals surface area contributed by atoms with Crippen molar-refractivity contribution in [3.05, 3.63) is 0 Å². The molecule has 0 bridgehead atoms.